The zero-order valence-electron chi connectivity index (χ0n) is 18.3. The van der Waals surface area contributed by atoms with E-state index in [1.54, 1.807) is 18.5 Å². The summed E-state index contributed by atoms with van der Waals surface area (Å²) in [6, 6.07) is 6.10. The first-order chi connectivity index (χ1) is 15.7. The molecule has 1 saturated carbocycles. The third-order valence-electron chi connectivity index (χ3n) is 6.38. The molecule has 1 atom stereocenters. The van der Waals surface area contributed by atoms with Crippen LogP contribution >= 0.6 is 0 Å². The maximum atomic E-state index is 15.0. The number of ether oxygens (including phenoxy) is 1. The molecule has 0 saturated heterocycles. The van der Waals surface area contributed by atoms with E-state index >= 15 is 0 Å². The molecule has 176 valence electrons. The van der Waals surface area contributed by atoms with Gasteiger partial charge in [0.1, 0.15) is 23.5 Å². The van der Waals surface area contributed by atoms with Crippen molar-refractivity contribution in [1.29, 1.82) is 0 Å². The normalized spacial score (nSPS) is 19.4. The molecular formula is C25H25F5N2O. The van der Waals surface area contributed by atoms with Crippen molar-refractivity contribution in [3.63, 3.8) is 0 Å². The van der Waals surface area contributed by atoms with Crippen LogP contribution in [0.3, 0.4) is 0 Å². The van der Waals surface area contributed by atoms with Crippen LogP contribution in [0.4, 0.5) is 22.0 Å². The fraction of sp³-hybridized carbons (Fsp3) is 0.400. The van der Waals surface area contributed by atoms with Gasteiger partial charge in [0.15, 0.2) is 0 Å². The molecule has 0 aliphatic heterocycles. The first-order valence-corrected chi connectivity index (χ1v) is 11.0. The van der Waals surface area contributed by atoms with Crippen molar-refractivity contribution in [1.82, 2.24) is 10.3 Å². The molecule has 0 bridgehead atoms. The first-order valence-electron chi connectivity index (χ1n) is 11.0. The summed E-state index contributed by atoms with van der Waals surface area (Å²) >= 11 is 0. The third-order valence-corrected chi connectivity index (χ3v) is 6.38. The number of nitrogens with one attached hydrogen (secondary N) is 1. The van der Waals surface area contributed by atoms with Crippen molar-refractivity contribution in [3.8, 4) is 5.75 Å². The molecule has 1 N–H and O–H groups in total. The first kappa shape index (κ1) is 23.4. The van der Waals surface area contributed by atoms with Crippen molar-refractivity contribution in [2.45, 2.75) is 63.9 Å². The van der Waals surface area contributed by atoms with Crippen molar-refractivity contribution in [2.75, 3.05) is 0 Å². The van der Waals surface area contributed by atoms with Gasteiger partial charge in [0.05, 0.1) is 5.56 Å². The van der Waals surface area contributed by atoms with E-state index in [-0.39, 0.29) is 29.6 Å². The van der Waals surface area contributed by atoms with Crippen LogP contribution in [0.1, 0.15) is 55.7 Å². The minimum atomic E-state index is -4.78. The van der Waals surface area contributed by atoms with Gasteiger partial charge in [-0.25, -0.2) is 8.78 Å². The smallest absolute Gasteiger partial charge is 0.419 e. The van der Waals surface area contributed by atoms with Gasteiger partial charge in [-0.3, -0.25) is 4.98 Å². The minimum Gasteiger partial charge on any atom is -0.490 e. The summed E-state index contributed by atoms with van der Waals surface area (Å²) in [5.41, 5.74) is 0.167. The van der Waals surface area contributed by atoms with Gasteiger partial charge in [-0.15, -0.1) is 0 Å². The number of alkyl halides is 3. The van der Waals surface area contributed by atoms with E-state index in [1.165, 1.54) is 6.07 Å². The van der Waals surface area contributed by atoms with E-state index in [9.17, 15) is 22.0 Å². The van der Waals surface area contributed by atoms with Crippen LogP contribution in [0.5, 0.6) is 5.75 Å². The van der Waals surface area contributed by atoms with Gasteiger partial charge in [0.25, 0.3) is 0 Å². The van der Waals surface area contributed by atoms with Gasteiger partial charge < -0.3 is 10.1 Å². The summed E-state index contributed by atoms with van der Waals surface area (Å²) in [4.78, 5) is 4.21. The summed E-state index contributed by atoms with van der Waals surface area (Å²) in [6.45, 7) is 4.44. The molecule has 0 spiro atoms. The molecule has 3 aromatic rings. The summed E-state index contributed by atoms with van der Waals surface area (Å²) < 4.78 is 72.6. The maximum Gasteiger partial charge on any atom is 0.419 e. The van der Waals surface area contributed by atoms with E-state index in [0.717, 1.165) is 28.8 Å². The number of benzene rings is 2. The molecule has 2 aromatic carbocycles. The van der Waals surface area contributed by atoms with Gasteiger partial charge in [0, 0.05) is 35.9 Å². The van der Waals surface area contributed by atoms with Crippen LogP contribution in [0.2, 0.25) is 0 Å². The summed E-state index contributed by atoms with van der Waals surface area (Å²) in [5.74, 6) is -1.40. The molecule has 3 nitrogen and oxygen atoms in total. The third kappa shape index (κ3) is 4.95. The zero-order chi connectivity index (χ0) is 23.8. The predicted octanol–water partition coefficient (Wildman–Crippen LogP) is 6.74. The molecule has 1 aliphatic rings. The number of rotatable bonds is 7. The lowest BCUT2D eigenvalue weighted by molar-refractivity contribution is -0.140. The Morgan fingerprint density at radius 2 is 1.85 bits per heavy atom. The molecule has 1 aromatic heterocycles. The lowest BCUT2D eigenvalue weighted by atomic mass is 9.88. The molecule has 0 radical (unpaired) electrons. The lowest BCUT2D eigenvalue weighted by Gasteiger charge is -2.36. The topological polar surface area (TPSA) is 34.1 Å². The average Bonchev–Trinajstić information content (AvgIpc) is 2.75. The van der Waals surface area contributed by atoms with E-state index < -0.39 is 17.6 Å². The van der Waals surface area contributed by atoms with Crippen LogP contribution < -0.4 is 10.1 Å². The number of fused-ring (bicyclic) bond motifs is 1. The van der Waals surface area contributed by atoms with Crippen LogP contribution in [0.25, 0.3) is 10.8 Å². The zero-order valence-corrected chi connectivity index (χ0v) is 18.3. The number of pyridine rings is 1. The Bertz CT molecular complexity index is 1140. The predicted molar refractivity (Wildman–Crippen MR) is 116 cm³/mol. The summed E-state index contributed by atoms with van der Waals surface area (Å²) in [7, 11) is 0. The van der Waals surface area contributed by atoms with E-state index in [1.807, 2.05) is 6.07 Å². The quantitative estimate of drug-likeness (QED) is 0.393. The Labute approximate surface area is 189 Å². The molecule has 1 aliphatic carbocycles. The fourth-order valence-corrected chi connectivity index (χ4v) is 4.19. The number of halogens is 5. The maximum absolute atomic E-state index is 15.0. The molecule has 4 rings (SSSR count). The Hall–Kier alpha value is -2.74. The van der Waals surface area contributed by atoms with Crippen molar-refractivity contribution < 1.29 is 26.7 Å². The minimum absolute atomic E-state index is 0.0163. The van der Waals surface area contributed by atoms with Gasteiger partial charge in [-0.05, 0) is 66.5 Å². The van der Waals surface area contributed by atoms with Crippen LogP contribution in [-0.2, 0) is 12.7 Å². The van der Waals surface area contributed by atoms with E-state index in [4.69, 9.17) is 4.74 Å². The average molecular weight is 464 g/mol. The van der Waals surface area contributed by atoms with E-state index in [0.29, 0.717) is 31.0 Å². The highest BCUT2D eigenvalue weighted by Crippen LogP contribution is 2.36. The Kier molecular flexibility index (Phi) is 6.56. The second-order valence-corrected chi connectivity index (χ2v) is 8.59. The highest BCUT2D eigenvalue weighted by Gasteiger charge is 2.36. The van der Waals surface area contributed by atoms with Crippen LogP contribution in [0, 0.1) is 11.6 Å². The molecule has 1 heterocycles. The Balaban J connectivity index is 1.39. The number of aromatic nitrogens is 1. The molecule has 33 heavy (non-hydrogen) atoms. The van der Waals surface area contributed by atoms with E-state index in [2.05, 4.69) is 24.1 Å². The lowest BCUT2D eigenvalue weighted by Crippen LogP contribution is -2.46. The molecular weight excluding hydrogens is 439 g/mol. The second-order valence-electron chi connectivity index (χ2n) is 8.59. The fourth-order valence-electron chi connectivity index (χ4n) is 4.19. The van der Waals surface area contributed by atoms with Gasteiger partial charge in [0.2, 0.25) is 0 Å². The standard InChI is InChI=1S/C25H25F5N2O/c1-3-14(2)19-11-24(27)21(18-6-7-31-12-20(18)19)13-32-15-8-17(9-15)33-16-4-5-23(26)22(10-16)25(28,29)30/h4-7,10-12,14-15,17,32H,3,8-9,13H2,1-2H3. The van der Waals surface area contributed by atoms with Crippen LogP contribution in [0.15, 0.2) is 42.7 Å². The van der Waals surface area contributed by atoms with Gasteiger partial charge >= 0.3 is 6.18 Å². The van der Waals surface area contributed by atoms with Crippen molar-refractivity contribution in [2.24, 2.45) is 0 Å². The van der Waals surface area contributed by atoms with Gasteiger partial charge in [-0.2, -0.15) is 13.2 Å². The molecule has 1 fully saturated rings. The SMILES string of the molecule is CCC(C)c1cc(F)c(CNC2CC(Oc3ccc(F)c(C(F)(F)F)c3)C2)c2ccncc12. The molecule has 1 unspecified atom stereocenters. The summed E-state index contributed by atoms with van der Waals surface area (Å²) in [6.07, 6.45) is 0.368. The Morgan fingerprint density at radius 3 is 2.55 bits per heavy atom. The molecule has 8 heteroatoms. The van der Waals surface area contributed by atoms with Crippen molar-refractivity contribution >= 4 is 10.8 Å². The van der Waals surface area contributed by atoms with Crippen LogP contribution in [-0.4, -0.2) is 17.1 Å². The highest BCUT2D eigenvalue weighted by atomic mass is 19.4. The largest absolute Gasteiger partial charge is 0.490 e. The monoisotopic (exact) mass is 464 g/mol. The van der Waals surface area contributed by atoms with Gasteiger partial charge in [-0.1, -0.05) is 13.8 Å². The summed E-state index contributed by atoms with van der Waals surface area (Å²) in [5, 5.41) is 5.08. The highest BCUT2D eigenvalue weighted by molar-refractivity contribution is 5.88. The van der Waals surface area contributed by atoms with Crippen molar-refractivity contribution in [3.05, 3.63) is 71.1 Å². The Morgan fingerprint density at radius 1 is 1.09 bits per heavy atom. The number of hydrogen-bond acceptors (Lipinski definition) is 3. The second kappa shape index (κ2) is 9.25. The number of hydrogen-bond donors (Lipinski definition) is 1. The number of nitrogens with zero attached hydrogens (tertiary/aromatic N) is 1. The molecule has 0 amide bonds.